The molecule has 5 heteroatoms. The molecule has 0 saturated heterocycles. The molecule has 0 aromatic heterocycles. The molecule has 0 radical (unpaired) electrons. The van der Waals surface area contributed by atoms with Crippen LogP contribution < -0.4 is 10.1 Å². The van der Waals surface area contributed by atoms with E-state index in [1.54, 1.807) is 25.8 Å². The zero-order chi connectivity index (χ0) is 15.0. The van der Waals surface area contributed by atoms with Gasteiger partial charge in [-0.2, -0.15) is 11.8 Å². The minimum atomic E-state index is -0.852. The minimum Gasteiger partial charge on any atom is -0.497 e. The van der Waals surface area contributed by atoms with E-state index in [-0.39, 0.29) is 12.5 Å². The molecule has 0 aliphatic carbocycles. The fourth-order valence-corrected chi connectivity index (χ4v) is 2.51. The first-order chi connectivity index (χ1) is 9.46. The average molecular weight is 297 g/mol. The highest BCUT2D eigenvalue weighted by Gasteiger charge is 2.20. The van der Waals surface area contributed by atoms with E-state index in [0.29, 0.717) is 18.6 Å². The number of thioether (sulfide) groups is 1. The summed E-state index contributed by atoms with van der Waals surface area (Å²) >= 11 is 1.56. The lowest BCUT2D eigenvalue weighted by atomic mass is 10.1. The Morgan fingerprint density at radius 3 is 2.60 bits per heavy atom. The van der Waals surface area contributed by atoms with Crippen LogP contribution in [0.3, 0.4) is 0 Å². The number of benzene rings is 1. The van der Waals surface area contributed by atoms with Gasteiger partial charge in [-0.25, -0.2) is 0 Å². The van der Waals surface area contributed by atoms with Crippen molar-refractivity contribution in [2.24, 2.45) is 0 Å². The van der Waals surface area contributed by atoms with Crippen molar-refractivity contribution >= 4 is 17.7 Å². The highest BCUT2D eigenvalue weighted by molar-refractivity contribution is 7.98. The largest absolute Gasteiger partial charge is 0.497 e. The Hall–Kier alpha value is -1.20. The number of aryl methyl sites for hydroxylation is 1. The number of aliphatic hydroxyl groups is 1. The van der Waals surface area contributed by atoms with Gasteiger partial charge in [0.1, 0.15) is 5.75 Å². The number of methoxy groups -OCH3 is 1. The Labute approximate surface area is 124 Å². The molecule has 0 heterocycles. The SMILES string of the molecule is COc1ccc(CCC(=O)NCC(C)(O)CSC)cc1. The van der Waals surface area contributed by atoms with E-state index < -0.39 is 5.60 Å². The molecule has 2 N–H and O–H groups in total. The van der Waals surface area contributed by atoms with E-state index in [4.69, 9.17) is 4.74 Å². The van der Waals surface area contributed by atoms with Gasteiger partial charge in [-0.3, -0.25) is 4.79 Å². The van der Waals surface area contributed by atoms with Gasteiger partial charge in [0.25, 0.3) is 0 Å². The van der Waals surface area contributed by atoms with Gasteiger partial charge in [-0.05, 0) is 37.3 Å². The maximum atomic E-state index is 11.7. The topological polar surface area (TPSA) is 58.6 Å². The Balaban J connectivity index is 2.32. The number of amides is 1. The number of carbonyl (C=O) groups is 1. The summed E-state index contributed by atoms with van der Waals surface area (Å²) in [5.74, 6) is 1.37. The lowest BCUT2D eigenvalue weighted by Gasteiger charge is -2.22. The molecular weight excluding hydrogens is 274 g/mol. The number of hydrogen-bond acceptors (Lipinski definition) is 4. The van der Waals surface area contributed by atoms with Gasteiger partial charge in [0.15, 0.2) is 0 Å². The lowest BCUT2D eigenvalue weighted by molar-refractivity contribution is -0.122. The summed E-state index contributed by atoms with van der Waals surface area (Å²) in [6.07, 6.45) is 3.03. The molecule has 0 bridgehead atoms. The van der Waals surface area contributed by atoms with Crippen molar-refractivity contribution in [3.05, 3.63) is 29.8 Å². The third-order valence-electron chi connectivity index (χ3n) is 2.92. The number of hydrogen-bond donors (Lipinski definition) is 2. The van der Waals surface area contributed by atoms with Crippen LogP contribution in [-0.4, -0.2) is 42.3 Å². The van der Waals surface area contributed by atoms with Crippen molar-refractivity contribution < 1.29 is 14.6 Å². The standard InChI is InChI=1S/C15H23NO3S/c1-15(18,11-20-3)10-16-14(17)9-6-12-4-7-13(19-2)8-5-12/h4-5,7-8,18H,6,9-11H2,1-3H3,(H,16,17). The number of carbonyl (C=O) groups excluding carboxylic acids is 1. The van der Waals surface area contributed by atoms with Gasteiger partial charge in [-0.15, -0.1) is 0 Å². The van der Waals surface area contributed by atoms with Gasteiger partial charge in [0, 0.05) is 18.7 Å². The van der Waals surface area contributed by atoms with E-state index in [1.165, 1.54) is 0 Å². The Bertz CT molecular complexity index is 418. The van der Waals surface area contributed by atoms with Gasteiger partial charge in [-0.1, -0.05) is 12.1 Å². The quantitative estimate of drug-likeness (QED) is 0.769. The average Bonchev–Trinajstić information content (AvgIpc) is 2.43. The third kappa shape index (κ3) is 6.30. The molecule has 0 saturated carbocycles. The predicted molar refractivity (Wildman–Crippen MR) is 83.3 cm³/mol. The first kappa shape index (κ1) is 16.9. The number of ether oxygens (including phenoxy) is 1. The number of nitrogens with one attached hydrogen (secondary N) is 1. The molecule has 0 spiro atoms. The summed E-state index contributed by atoms with van der Waals surface area (Å²) in [6.45, 7) is 2.02. The molecule has 1 rings (SSSR count). The highest BCUT2D eigenvalue weighted by atomic mass is 32.2. The summed E-state index contributed by atoms with van der Waals surface area (Å²) in [6, 6.07) is 7.68. The van der Waals surface area contributed by atoms with Crippen LogP contribution in [0.1, 0.15) is 18.9 Å². The maximum Gasteiger partial charge on any atom is 0.220 e. The van der Waals surface area contributed by atoms with E-state index in [9.17, 15) is 9.90 Å². The highest BCUT2D eigenvalue weighted by Crippen LogP contribution is 2.13. The zero-order valence-electron chi connectivity index (χ0n) is 12.3. The molecule has 1 unspecified atom stereocenters. The molecule has 1 atom stereocenters. The van der Waals surface area contributed by atoms with Crippen molar-refractivity contribution in [2.75, 3.05) is 25.7 Å². The van der Waals surface area contributed by atoms with Crippen molar-refractivity contribution in [2.45, 2.75) is 25.4 Å². The first-order valence-corrected chi connectivity index (χ1v) is 7.97. The van der Waals surface area contributed by atoms with Crippen LogP contribution in [0.25, 0.3) is 0 Å². The molecule has 1 amide bonds. The Morgan fingerprint density at radius 2 is 2.05 bits per heavy atom. The first-order valence-electron chi connectivity index (χ1n) is 6.58. The van der Waals surface area contributed by atoms with Crippen LogP contribution in [0.2, 0.25) is 0 Å². The van der Waals surface area contributed by atoms with Gasteiger partial charge in [0.2, 0.25) is 5.91 Å². The summed E-state index contributed by atoms with van der Waals surface area (Å²) in [5.41, 5.74) is 0.242. The van der Waals surface area contributed by atoms with Crippen molar-refractivity contribution in [1.29, 1.82) is 0 Å². The monoisotopic (exact) mass is 297 g/mol. The van der Waals surface area contributed by atoms with Crippen LogP contribution in [-0.2, 0) is 11.2 Å². The zero-order valence-corrected chi connectivity index (χ0v) is 13.1. The second-order valence-electron chi connectivity index (χ2n) is 5.05. The van der Waals surface area contributed by atoms with Gasteiger partial charge in [0.05, 0.1) is 12.7 Å². The summed E-state index contributed by atoms with van der Waals surface area (Å²) < 4.78 is 5.08. The van der Waals surface area contributed by atoms with E-state index in [2.05, 4.69) is 5.32 Å². The molecule has 0 aliphatic heterocycles. The van der Waals surface area contributed by atoms with Crippen LogP contribution in [0.5, 0.6) is 5.75 Å². The van der Waals surface area contributed by atoms with Crippen LogP contribution >= 0.6 is 11.8 Å². The fourth-order valence-electron chi connectivity index (χ4n) is 1.79. The van der Waals surface area contributed by atoms with Crippen LogP contribution in [0.15, 0.2) is 24.3 Å². The summed E-state index contributed by atoms with van der Waals surface area (Å²) in [5, 5.41) is 12.7. The van der Waals surface area contributed by atoms with Crippen LogP contribution in [0, 0.1) is 0 Å². The third-order valence-corrected chi connectivity index (χ3v) is 3.83. The molecule has 4 nitrogen and oxygen atoms in total. The summed E-state index contributed by atoms with van der Waals surface area (Å²) in [7, 11) is 1.63. The Kier molecular flexibility index (Phi) is 6.88. The molecule has 0 aliphatic rings. The van der Waals surface area contributed by atoms with E-state index in [0.717, 1.165) is 11.3 Å². The molecule has 1 aromatic carbocycles. The number of rotatable bonds is 8. The molecule has 0 fully saturated rings. The van der Waals surface area contributed by atoms with Gasteiger partial charge < -0.3 is 15.2 Å². The smallest absolute Gasteiger partial charge is 0.220 e. The second kappa shape index (κ2) is 8.17. The molecular formula is C15H23NO3S. The molecule has 112 valence electrons. The van der Waals surface area contributed by atoms with E-state index in [1.807, 2.05) is 30.5 Å². The normalized spacial score (nSPS) is 13.6. The molecule has 1 aromatic rings. The van der Waals surface area contributed by atoms with Crippen molar-refractivity contribution in [1.82, 2.24) is 5.32 Å². The van der Waals surface area contributed by atoms with Crippen molar-refractivity contribution in [3.63, 3.8) is 0 Å². The fraction of sp³-hybridized carbons (Fsp3) is 0.533. The van der Waals surface area contributed by atoms with E-state index >= 15 is 0 Å². The van der Waals surface area contributed by atoms with Crippen LogP contribution in [0.4, 0.5) is 0 Å². The van der Waals surface area contributed by atoms with Crippen molar-refractivity contribution in [3.8, 4) is 5.75 Å². The second-order valence-corrected chi connectivity index (χ2v) is 5.92. The Morgan fingerprint density at radius 1 is 1.40 bits per heavy atom. The minimum absolute atomic E-state index is 0.0396. The summed E-state index contributed by atoms with van der Waals surface area (Å²) in [4.78, 5) is 11.7. The molecule has 20 heavy (non-hydrogen) atoms. The lowest BCUT2D eigenvalue weighted by Crippen LogP contribution is -2.42. The predicted octanol–water partition coefficient (Wildman–Crippen LogP) is 1.86. The van der Waals surface area contributed by atoms with Gasteiger partial charge >= 0.3 is 0 Å². The maximum absolute atomic E-state index is 11.7.